The van der Waals surface area contributed by atoms with Gasteiger partial charge < -0.3 is 0 Å². The highest BCUT2D eigenvalue weighted by molar-refractivity contribution is 7.89. The summed E-state index contributed by atoms with van der Waals surface area (Å²) in [5, 5.41) is 8.93. The zero-order valence-corrected chi connectivity index (χ0v) is 18.8. The van der Waals surface area contributed by atoms with E-state index in [1.54, 1.807) is 48.5 Å². The minimum Gasteiger partial charge on any atom is -0.294 e. The molecule has 3 aromatic carbocycles. The number of nitriles is 1. The van der Waals surface area contributed by atoms with Gasteiger partial charge in [0, 0.05) is 30.6 Å². The van der Waals surface area contributed by atoms with E-state index < -0.39 is 15.8 Å². The van der Waals surface area contributed by atoms with E-state index in [1.807, 2.05) is 6.07 Å². The van der Waals surface area contributed by atoms with E-state index in [0.29, 0.717) is 35.3 Å². The van der Waals surface area contributed by atoms with Crippen molar-refractivity contribution in [2.75, 3.05) is 13.1 Å². The molecule has 0 amide bonds. The van der Waals surface area contributed by atoms with E-state index in [9.17, 15) is 17.6 Å². The average molecular weight is 463 g/mol. The molecule has 1 fully saturated rings. The Hall–Kier alpha value is -3.34. The number of benzene rings is 3. The van der Waals surface area contributed by atoms with Crippen molar-refractivity contribution in [3.05, 3.63) is 89.2 Å². The lowest BCUT2D eigenvalue weighted by molar-refractivity contribution is 0.0993. The number of piperidine rings is 1. The molecular weight excluding hydrogens is 439 g/mol. The number of carbonyl (C=O) groups excluding carboxylic acids is 1. The summed E-state index contributed by atoms with van der Waals surface area (Å²) in [5.41, 5.74) is 2.38. The fourth-order valence-corrected chi connectivity index (χ4v) is 5.48. The molecule has 33 heavy (non-hydrogen) atoms. The maximum atomic E-state index is 14.4. The molecule has 7 heteroatoms. The Kier molecular flexibility index (Phi) is 6.68. The van der Waals surface area contributed by atoms with Crippen LogP contribution in [0.1, 0.15) is 40.7 Å². The number of carbonyl (C=O) groups is 1. The smallest absolute Gasteiger partial charge is 0.243 e. The monoisotopic (exact) mass is 462 g/mol. The molecule has 5 nitrogen and oxygen atoms in total. The van der Waals surface area contributed by atoms with Crippen molar-refractivity contribution < 1.29 is 17.6 Å². The molecule has 0 spiro atoms. The highest BCUT2D eigenvalue weighted by Gasteiger charge is 2.25. The van der Waals surface area contributed by atoms with Gasteiger partial charge in [-0.05, 0) is 66.4 Å². The van der Waals surface area contributed by atoms with Gasteiger partial charge in [0.15, 0.2) is 5.78 Å². The SMILES string of the molecule is N#Cc1ccc(-c2cc(C(=O)Cc3ccc(S(=O)(=O)N4CCCCC4)cc3)ccc2F)cc1. The van der Waals surface area contributed by atoms with Crippen molar-refractivity contribution in [2.24, 2.45) is 0 Å². The van der Waals surface area contributed by atoms with Crippen molar-refractivity contribution in [2.45, 2.75) is 30.6 Å². The largest absolute Gasteiger partial charge is 0.294 e. The summed E-state index contributed by atoms with van der Waals surface area (Å²) in [6, 6.07) is 19.1. The number of hydrogen-bond acceptors (Lipinski definition) is 4. The molecule has 4 rings (SSSR count). The van der Waals surface area contributed by atoms with E-state index in [4.69, 9.17) is 5.26 Å². The summed E-state index contributed by atoms with van der Waals surface area (Å²) in [7, 11) is -3.52. The summed E-state index contributed by atoms with van der Waals surface area (Å²) in [6.45, 7) is 1.07. The maximum Gasteiger partial charge on any atom is 0.243 e. The lowest BCUT2D eigenvalue weighted by Gasteiger charge is -2.25. The average Bonchev–Trinajstić information content (AvgIpc) is 2.85. The number of sulfonamides is 1. The number of halogens is 1. The summed E-state index contributed by atoms with van der Waals surface area (Å²) >= 11 is 0. The number of hydrogen-bond donors (Lipinski definition) is 0. The second-order valence-corrected chi connectivity index (χ2v) is 10.0. The highest BCUT2D eigenvalue weighted by atomic mass is 32.2. The van der Waals surface area contributed by atoms with E-state index >= 15 is 0 Å². The Balaban J connectivity index is 1.51. The van der Waals surface area contributed by atoms with Crippen LogP contribution in [0.25, 0.3) is 11.1 Å². The first-order valence-corrected chi connectivity index (χ1v) is 12.2. The van der Waals surface area contributed by atoms with Crippen LogP contribution in [-0.2, 0) is 16.4 Å². The normalized spacial score (nSPS) is 14.5. The Labute approximate surface area is 193 Å². The zero-order valence-electron chi connectivity index (χ0n) is 18.0. The van der Waals surface area contributed by atoms with E-state index in [0.717, 1.165) is 19.3 Å². The van der Waals surface area contributed by atoms with Crippen LogP contribution in [0.5, 0.6) is 0 Å². The van der Waals surface area contributed by atoms with Gasteiger partial charge in [-0.1, -0.05) is 30.7 Å². The summed E-state index contributed by atoms with van der Waals surface area (Å²) in [4.78, 5) is 13.1. The Bertz CT molecular complexity index is 1310. The second kappa shape index (κ2) is 9.65. The Morgan fingerprint density at radius 3 is 2.24 bits per heavy atom. The first-order valence-electron chi connectivity index (χ1n) is 10.8. The third-order valence-electron chi connectivity index (χ3n) is 5.85. The van der Waals surface area contributed by atoms with Gasteiger partial charge >= 0.3 is 0 Å². The number of ketones is 1. The summed E-state index contributed by atoms with van der Waals surface area (Å²) < 4.78 is 41.5. The minimum atomic E-state index is -3.52. The van der Waals surface area contributed by atoms with Gasteiger partial charge in [0.05, 0.1) is 16.5 Å². The van der Waals surface area contributed by atoms with Crippen LogP contribution in [0.2, 0.25) is 0 Å². The standard InChI is InChI=1S/C26H23FN2O3S/c27-25-13-10-22(17-24(25)21-8-4-20(18-28)5-9-21)26(30)16-19-6-11-23(12-7-19)33(31,32)29-14-2-1-3-15-29/h4-13,17H,1-3,14-16H2. The zero-order chi connectivity index (χ0) is 23.4. The first-order chi connectivity index (χ1) is 15.9. The van der Waals surface area contributed by atoms with Crippen LogP contribution in [0.4, 0.5) is 4.39 Å². The molecule has 1 aliphatic rings. The number of nitrogens with zero attached hydrogens (tertiary/aromatic N) is 2. The van der Waals surface area contributed by atoms with Gasteiger partial charge in [-0.3, -0.25) is 4.79 Å². The van der Waals surface area contributed by atoms with Gasteiger partial charge in [0.2, 0.25) is 10.0 Å². The molecule has 1 heterocycles. The number of Topliss-reactive ketones (excluding diaryl/α,β-unsaturated/α-hetero) is 1. The third kappa shape index (κ3) is 5.03. The minimum absolute atomic E-state index is 0.0719. The van der Waals surface area contributed by atoms with E-state index in [-0.39, 0.29) is 22.7 Å². The molecule has 0 bridgehead atoms. The van der Waals surface area contributed by atoms with Gasteiger partial charge in [-0.15, -0.1) is 0 Å². The highest BCUT2D eigenvalue weighted by Crippen LogP contribution is 2.26. The summed E-state index contributed by atoms with van der Waals surface area (Å²) in [5.74, 6) is -0.653. The molecule has 0 aliphatic carbocycles. The van der Waals surface area contributed by atoms with Crippen molar-refractivity contribution in [1.29, 1.82) is 5.26 Å². The second-order valence-electron chi connectivity index (χ2n) is 8.09. The molecule has 0 radical (unpaired) electrons. The van der Waals surface area contributed by atoms with Crippen molar-refractivity contribution >= 4 is 15.8 Å². The molecule has 0 saturated carbocycles. The molecular formula is C26H23FN2O3S. The van der Waals surface area contributed by atoms with Crippen molar-refractivity contribution in [1.82, 2.24) is 4.31 Å². The Morgan fingerprint density at radius 1 is 0.939 bits per heavy atom. The van der Waals surface area contributed by atoms with Crippen molar-refractivity contribution in [3.8, 4) is 17.2 Å². The number of rotatable bonds is 6. The molecule has 0 N–H and O–H groups in total. The van der Waals surface area contributed by atoms with Crippen molar-refractivity contribution in [3.63, 3.8) is 0 Å². The van der Waals surface area contributed by atoms with Crippen LogP contribution in [0.15, 0.2) is 71.6 Å². The van der Waals surface area contributed by atoms with Crippen LogP contribution < -0.4 is 0 Å². The third-order valence-corrected chi connectivity index (χ3v) is 7.77. The molecule has 3 aromatic rings. The molecule has 1 aliphatic heterocycles. The molecule has 0 aromatic heterocycles. The summed E-state index contributed by atoms with van der Waals surface area (Å²) in [6.07, 6.45) is 2.85. The van der Waals surface area contributed by atoms with Gasteiger partial charge in [0.25, 0.3) is 0 Å². The lowest BCUT2D eigenvalue weighted by Crippen LogP contribution is -2.35. The lowest BCUT2D eigenvalue weighted by atomic mass is 9.97. The molecule has 1 saturated heterocycles. The predicted octanol–water partition coefficient (Wildman–Crippen LogP) is 4.96. The predicted molar refractivity (Wildman–Crippen MR) is 124 cm³/mol. The van der Waals surface area contributed by atoms with E-state index in [2.05, 4.69) is 0 Å². The van der Waals surface area contributed by atoms with Crippen LogP contribution in [-0.4, -0.2) is 31.6 Å². The fraction of sp³-hybridized carbons (Fsp3) is 0.231. The van der Waals surface area contributed by atoms with E-state index in [1.165, 1.54) is 22.5 Å². The maximum absolute atomic E-state index is 14.4. The quantitative estimate of drug-likeness (QED) is 0.485. The molecule has 168 valence electrons. The Morgan fingerprint density at radius 2 is 1.61 bits per heavy atom. The van der Waals surface area contributed by atoms with Crippen LogP contribution >= 0.6 is 0 Å². The van der Waals surface area contributed by atoms with Crippen LogP contribution in [0.3, 0.4) is 0 Å². The molecule has 0 unspecified atom stereocenters. The fourth-order valence-electron chi connectivity index (χ4n) is 3.97. The first kappa shape index (κ1) is 22.8. The van der Waals surface area contributed by atoms with Gasteiger partial charge in [0.1, 0.15) is 5.82 Å². The molecule has 0 atom stereocenters. The van der Waals surface area contributed by atoms with Crippen LogP contribution in [0, 0.1) is 17.1 Å². The van der Waals surface area contributed by atoms with Gasteiger partial charge in [-0.2, -0.15) is 9.57 Å². The van der Waals surface area contributed by atoms with Gasteiger partial charge in [-0.25, -0.2) is 12.8 Å². The topological polar surface area (TPSA) is 78.2 Å².